The summed E-state index contributed by atoms with van der Waals surface area (Å²) in [5.74, 6) is 2.66. The van der Waals surface area contributed by atoms with Gasteiger partial charge < -0.3 is 0 Å². The molecule has 1 fully saturated rings. The van der Waals surface area contributed by atoms with Crippen molar-refractivity contribution in [2.45, 2.75) is 204 Å². The average Bonchev–Trinajstić information content (AvgIpc) is 3.76. The summed E-state index contributed by atoms with van der Waals surface area (Å²) < 4.78 is 3.55. The average molecular weight is 935 g/mol. The standard InChI is InChI=1S/C40H62S2.6CH3.2Sn/c1-3-5-7-9-11-13-15-17-19-21-23-33-29-34(24-22-20-18-16-14-12-10-8-6-4-2)31-35(30-33)32-38-36-25-27-41-39(36)40-37(38)26-28-42-40;;;;;;;;/h25-26,32-35H,3-24,29-31H2,1-2H3;6*1H3;;/t33-,34?,35?;;;;;;;;/m1......../s1. The number of hydrogen-bond acceptors (Lipinski definition) is 2. The molecule has 0 spiro atoms. The molecule has 0 nitrogen and oxygen atoms in total. The van der Waals surface area contributed by atoms with Crippen molar-refractivity contribution in [3.8, 4) is 9.75 Å². The molecule has 2 aromatic heterocycles. The van der Waals surface area contributed by atoms with Gasteiger partial charge in [-0.1, -0.05) is 104 Å². The molecule has 2 heterocycles. The van der Waals surface area contributed by atoms with Crippen molar-refractivity contribution in [2.75, 3.05) is 0 Å². The number of allylic oxidation sites excluding steroid dienone is 1. The molecule has 3 atom stereocenters. The molecule has 0 aromatic carbocycles. The summed E-state index contributed by atoms with van der Waals surface area (Å²) in [5, 5.41) is 0. The van der Waals surface area contributed by atoms with E-state index < -0.39 is 36.8 Å². The molecule has 2 aliphatic rings. The van der Waals surface area contributed by atoms with Crippen molar-refractivity contribution < 1.29 is 0 Å². The molecule has 2 unspecified atom stereocenters. The maximum absolute atomic E-state index is 2.87. The summed E-state index contributed by atoms with van der Waals surface area (Å²) in [4.78, 5) is 19.0. The predicted octanol–water partition coefficient (Wildman–Crippen LogP) is 16.0. The Labute approximate surface area is 328 Å². The van der Waals surface area contributed by atoms with Crippen LogP contribution in [0, 0.1) is 17.8 Å². The summed E-state index contributed by atoms with van der Waals surface area (Å²) in [6, 6.07) is 5.39. The van der Waals surface area contributed by atoms with Gasteiger partial charge in [0.2, 0.25) is 0 Å². The first-order valence-electron chi connectivity index (χ1n) is 22.0. The van der Waals surface area contributed by atoms with E-state index in [0.717, 1.165) is 17.8 Å². The fourth-order valence-corrected chi connectivity index (χ4v) is 21.8. The van der Waals surface area contributed by atoms with Crippen molar-refractivity contribution in [1.29, 1.82) is 0 Å². The van der Waals surface area contributed by atoms with E-state index >= 15 is 0 Å². The van der Waals surface area contributed by atoms with E-state index in [1.807, 2.05) is 0 Å². The molecule has 0 bridgehead atoms. The van der Waals surface area contributed by atoms with Gasteiger partial charge in [0, 0.05) is 0 Å². The van der Waals surface area contributed by atoms with Gasteiger partial charge in [-0.3, -0.25) is 0 Å². The van der Waals surface area contributed by atoms with Crippen LogP contribution < -0.4 is 5.79 Å². The van der Waals surface area contributed by atoms with Crippen molar-refractivity contribution in [3.05, 3.63) is 29.3 Å². The summed E-state index contributed by atoms with van der Waals surface area (Å²) in [7, 11) is 0. The van der Waals surface area contributed by atoms with Crippen LogP contribution in [0.2, 0.25) is 29.6 Å². The fourth-order valence-electron chi connectivity index (χ4n) is 8.88. The molecular formula is C46H80S2Sn2. The maximum atomic E-state index is 2.87. The van der Waals surface area contributed by atoms with Gasteiger partial charge >= 0.3 is 228 Å². The second-order valence-electron chi connectivity index (χ2n) is 18.9. The molecule has 1 saturated carbocycles. The molecule has 0 N–H and O–H groups in total. The molecule has 0 aliphatic heterocycles. The van der Waals surface area contributed by atoms with Crippen LogP contribution in [0.4, 0.5) is 0 Å². The molecule has 0 radical (unpaired) electrons. The van der Waals surface area contributed by atoms with E-state index in [0.29, 0.717) is 0 Å². The van der Waals surface area contributed by atoms with Gasteiger partial charge in [-0.15, -0.1) is 0 Å². The van der Waals surface area contributed by atoms with E-state index in [1.54, 1.807) is 32.2 Å². The summed E-state index contributed by atoms with van der Waals surface area (Å²) >= 11 is 0.109. The number of fused-ring (bicyclic) bond motifs is 3. The minimum absolute atomic E-state index is 0.766. The Morgan fingerprint density at radius 3 is 1.18 bits per heavy atom. The van der Waals surface area contributed by atoms with E-state index in [2.05, 4.69) is 84.4 Å². The van der Waals surface area contributed by atoms with Crippen LogP contribution >= 0.6 is 22.7 Å². The SMILES string of the molecule is CCCCCCCCCCCCC1CC(C=C2c3c[c]([Sn]([CH3])([CH3])[CH3])sc3-c3s[c]([Sn]([CH3])([CH3])[CH3])cc32)C[C@H](CCCCCCCCCCCC)C1. The van der Waals surface area contributed by atoms with Crippen LogP contribution in [-0.4, -0.2) is 36.8 Å². The van der Waals surface area contributed by atoms with Gasteiger partial charge in [-0.05, 0) is 0 Å². The van der Waals surface area contributed by atoms with Crippen LogP contribution in [0.1, 0.15) is 185 Å². The van der Waals surface area contributed by atoms with Crippen molar-refractivity contribution in [3.63, 3.8) is 0 Å². The van der Waals surface area contributed by atoms with Gasteiger partial charge in [0.25, 0.3) is 0 Å². The van der Waals surface area contributed by atoms with Crippen molar-refractivity contribution in [1.82, 2.24) is 0 Å². The first-order chi connectivity index (χ1) is 24.0. The summed E-state index contributed by atoms with van der Waals surface area (Å²) in [6.45, 7) is 4.66. The minimum atomic E-state index is -2.14. The second kappa shape index (κ2) is 22.3. The summed E-state index contributed by atoms with van der Waals surface area (Å²) in [5.41, 5.74) is 4.93. The monoisotopic (exact) mass is 936 g/mol. The molecular weight excluding hydrogens is 854 g/mol. The van der Waals surface area contributed by atoms with Gasteiger partial charge in [0.15, 0.2) is 0 Å². The number of unbranched alkanes of at least 4 members (excludes halogenated alkanes) is 18. The predicted molar refractivity (Wildman–Crippen MR) is 238 cm³/mol. The van der Waals surface area contributed by atoms with E-state index in [1.165, 1.54) is 161 Å². The third kappa shape index (κ3) is 14.1. The van der Waals surface area contributed by atoms with E-state index in [4.69, 9.17) is 0 Å². The first kappa shape index (κ1) is 43.5. The van der Waals surface area contributed by atoms with Crippen LogP contribution in [0.25, 0.3) is 15.3 Å². The summed E-state index contributed by atoms with van der Waals surface area (Å²) in [6.07, 6.45) is 39.4. The molecule has 2 aromatic rings. The van der Waals surface area contributed by atoms with Crippen LogP contribution in [0.5, 0.6) is 0 Å². The van der Waals surface area contributed by atoms with Crippen LogP contribution in [0.3, 0.4) is 0 Å². The Bertz CT molecular complexity index is 1180. The zero-order valence-electron chi connectivity index (χ0n) is 34.5. The Kier molecular flexibility index (Phi) is 19.4. The molecule has 0 saturated heterocycles. The topological polar surface area (TPSA) is 0 Å². The van der Waals surface area contributed by atoms with Gasteiger partial charge in [-0.25, -0.2) is 0 Å². The molecule has 4 rings (SSSR count). The molecule has 50 heavy (non-hydrogen) atoms. The van der Waals surface area contributed by atoms with E-state index in [9.17, 15) is 0 Å². The van der Waals surface area contributed by atoms with Crippen LogP contribution in [0.15, 0.2) is 18.2 Å². The Balaban J connectivity index is 1.39. The van der Waals surface area contributed by atoms with Crippen LogP contribution in [-0.2, 0) is 0 Å². The number of rotatable bonds is 25. The second-order valence-corrected chi connectivity index (χ2v) is 51.9. The zero-order valence-corrected chi connectivity index (χ0v) is 41.8. The number of hydrogen-bond donors (Lipinski definition) is 0. The van der Waals surface area contributed by atoms with Gasteiger partial charge in [0.05, 0.1) is 0 Å². The Hall–Kier alpha value is 0.737. The Morgan fingerprint density at radius 2 is 0.840 bits per heavy atom. The molecule has 2 aliphatic carbocycles. The van der Waals surface area contributed by atoms with E-state index in [-0.39, 0.29) is 0 Å². The van der Waals surface area contributed by atoms with Gasteiger partial charge in [0.1, 0.15) is 0 Å². The molecule has 0 amide bonds. The third-order valence-electron chi connectivity index (χ3n) is 12.0. The normalized spacial score (nSPS) is 19.3. The first-order valence-corrected chi connectivity index (χ1v) is 43.6. The fraction of sp³-hybridized carbons (Fsp3) is 0.783. The molecule has 4 heteroatoms. The number of thiophene rings is 2. The van der Waals surface area contributed by atoms with Crippen molar-refractivity contribution >= 4 is 70.8 Å². The Morgan fingerprint density at radius 1 is 0.500 bits per heavy atom. The zero-order chi connectivity index (χ0) is 36.0. The quantitative estimate of drug-likeness (QED) is 0.0587. The molecule has 284 valence electrons. The third-order valence-corrected chi connectivity index (χ3v) is 33.3. The van der Waals surface area contributed by atoms with Crippen molar-refractivity contribution in [2.24, 2.45) is 17.8 Å². The van der Waals surface area contributed by atoms with Gasteiger partial charge in [-0.2, -0.15) is 0 Å².